The van der Waals surface area contributed by atoms with Crippen LogP contribution in [-0.2, 0) is 14.4 Å². The highest BCUT2D eigenvalue weighted by Gasteiger charge is 2.36. The second-order valence-electron chi connectivity index (χ2n) is 8.89. The van der Waals surface area contributed by atoms with Gasteiger partial charge in [0.1, 0.15) is 6.54 Å². The van der Waals surface area contributed by atoms with Crippen molar-refractivity contribution in [2.75, 3.05) is 30.9 Å². The first-order valence-electron chi connectivity index (χ1n) is 12.1. The minimum absolute atomic E-state index is 0.157. The van der Waals surface area contributed by atoms with Crippen LogP contribution in [0.15, 0.2) is 65.6 Å². The molecular weight excluding hydrogens is 554 g/mol. The van der Waals surface area contributed by atoms with Crippen molar-refractivity contribution in [1.29, 1.82) is 0 Å². The van der Waals surface area contributed by atoms with E-state index in [1.54, 1.807) is 49.4 Å². The van der Waals surface area contributed by atoms with E-state index >= 15 is 0 Å². The first kappa shape index (κ1) is 28.7. The third kappa shape index (κ3) is 7.22. The summed E-state index contributed by atoms with van der Waals surface area (Å²) in [5, 5.41) is 5.35. The van der Waals surface area contributed by atoms with Crippen LogP contribution in [0, 0.1) is 13.8 Å². The lowest BCUT2D eigenvalue weighted by molar-refractivity contribution is -0.127. The third-order valence-electron chi connectivity index (χ3n) is 5.80. The van der Waals surface area contributed by atoms with Gasteiger partial charge in [-0.15, -0.1) is 0 Å². The van der Waals surface area contributed by atoms with E-state index in [1.807, 2.05) is 25.1 Å². The standard InChI is InChI=1S/C29H26ClN3O6S/c1-17-5-4-6-21(11-17)31-27(35)16-39-23-10-8-19(12-24(23)38-3)13-25-28(36)33(29(37)40-25)15-26(34)32-22-14-20(30)9-7-18(22)2/h4-14H,15-16H2,1-3H3,(H,31,35)(H,32,34)/b25-13+. The van der Waals surface area contributed by atoms with Gasteiger partial charge in [0.2, 0.25) is 5.91 Å². The molecule has 3 aromatic carbocycles. The molecule has 1 fully saturated rings. The van der Waals surface area contributed by atoms with E-state index in [0.717, 1.165) is 27.8 Å². The number of carbonyl (C=O) groups excluding carboxylic acids is 4. The number of imide groups is 1. The smallest absolute Gasteiger partial charge is 0.294 e. The van der Waals surface area contributed by atoms with Gasteiger partial charge in [0.05, 0.1) is 12.0 Å². The summed E-state index contributed by atoms with van der Waals surface area (Å²) in [6.45, 7) is 3.06. The van der Waals surface area contributed by atoms with Crippen LogP contribution in [0.2, 0.25) is 5.02 Å². The lowest BCUT2D eigenvalue weighted by Crippen LogP contribution is -2.36. The van der Waals surface area contributed by atoms with Crippen molar-refractivity contribution in [3.63, 3.8) is 0 Å². The third-order valence-corrected chi connectivity index (χ3v) is 6.94. The summed E-state index contributed by atoms with van der Waals surface area (Å²) in [7, 11) is 1.45. The molecule has 0 atom stereocenters. The van der Waals surface area contributed by atoms with Crippen LogP contribution < -0.4 is 20.1 Å². The summed E-state index contributed by atoms with van der Waals surface area (Å²) in [6.07, 6.45) is 1.53. The molecular formula is C29H26ClN3O6S. The first-order valence-corrected chi connectivity index (χ1v) is 13.3. The number of anilines is 2. The van der Waals surface area contributed by atoms with Crippen molar-refractivity contribution < 1.29 is 28.7 Å². The Balaban J connectivity index is 1.39. The fraction of sp³-hybridized carbons (Fsp3) is 0.172. The first-order chi connectivity index (χ1) is 19.1. The maximum absolute atomic E-state index is 12.9. The molecule has 4 rings (SSSR count). The molecule has 0 unspecified atom stereocenters. The molecule has 0 saturated carbocycles. The molecule has 0 aliphatic carbocycles. The van der Waals surface area contributed by atoms with Gasteiger partial charge in [0.15, 0.2) is 18.1 Å². The average Bonchev–Trinajstić information content (AvgIpc) is 3.17. The molecule has 4 amide bonds. The van der Waals surface area contributed by atoms with Gasteiger partial charge in [0.25, 0.3) is 17.1 Å². The summed E-state index contributed by atoms with van der Waals surface area (Å²) < 4.78 is 11.0. The number of methoxy groups -OCH3 is 1. The van der Waals surface area contributed by atoms with Crippen LogP contribution in [0.25, 0.3) is 6.08 Å². The maximum Gasteiger partial charge on any atom is 0.294 e. The summed E-state index contributed by atoms with van der Waals surface area (Å²) in [5.41, 5.74) is 3.55. The highest BCUT2D eigenvalue weighted by molar-refractivity contribution is 8.18. The Kier molecular flexibility index (Phi) is 9.13. The molecule has 11 heteroatoms. The quantitative estimate of drug-likeness (QED) is 0.314. The number of rotatable bonds is 9. The molecule has 40 heavy (non-hydrogen) atoms. The number of nitrogens with zero attached hydrogens (tertiary/aromatic N) is 1. The molecule has 0 bridgehead atoms. The van der Waals surface area contributed by atoms with Crippen molar-refractivity contribution >= 4 is 63.8 Å². The van der Waals surface area contributed by atoms with Gasteiger partial charge in [-0.1, -0.05) is 35.9 Å². The Hall–Kier alpha value is -4.28. The Morgan fingerprint density at radius 3 is 2.52 bits per heavy atom. The zero-order valence-electron chi connectivity index (χ0n) is 21.9. The molecule has 1 saturated heterocycles. The van der Waals surface area contributed by atoms with Gasteiger partial charge in [-0.05, 0) is 84.8 Å². The van der Waals surface area contributed by atoms with E-state index in [-0.39, 0.29) is 17.4 Å². The number of amides is 4. The maximum atomic E-state index is 12.9. The topological polar surface area (TPSA) is 114 Å². The number of carbonyl (C=O) groups is 4. The summed E-state index contributed by atoms with van der Waals surface area (Å²) in [6, 6.07) is 17.4. The molecule has 0 radical (unpaired) electrons. The molecule has 1 aliphatic rings. The number of halogens is 1. The lowest BCUT2D eigenvalue weighted by atomic mass is 10.2. The summed E-state index contributed by atoms with van der Waals surface area (Å²) in [4.78, 5) is 51.3. The highest BCUT2D eigenvalue weighted by Crippen LogP contribution is 2.34. The molecule has 9 nitrogen and oxygen atoms in total. The van der Waals surface area contributed by atoms with E-state index in [2.05, 4.69) is 10.6 Å². The number of ether oxygens (including phenoxy) is 2. The number of hydrogen-bond acceptors (Lipinski definition) is 7. The second kappa shape index (κ2) is 12.7. The second-order valence-corrected chi connectivity index (χ2v) is 10.3. The summed E-state index contributed by atoms with van der Waals surface area (Å²) >= 11 is 6.73. The number of benzene rings is 3. The molecule has 0 aromatic heterocycles. The monoisotopic (exact) mass is 579 g/mol. The molecule has 1 aliphatic heterocycles. The van der Waals surface area contributed by atoms with Crippen LogP contribution >= 0.6 is 23.4 Å². The van der Waals surface area contributed by atoms with Crippen LogP contribution in [0.4, 0.5) is 16.2 Å². The fourth-order valence-corrected chi connectivity index (χ4v) is 4.82. The van der Waals surface area contributed by atoms with Gasteiger partial charge < -0.3 is 20.1 Å². The van der Waals surface area contributed by atoms with Crippen LogP contribution in [-0.4, -0.2) is 48.1 Å². The average molecular weight is 580 g/mol. The molecule has 3 aromatic rings. The SMILES string of the molecule is COc1cc(/C=C2/SC(=O)N(CC(=O)Nc3cc(Cl)ccc3C)C2=O)ccc1OCC(=O)Nc1cccc(C)c1. The fourth-order valence-electron chi connectivity index (χ4n) is 3.81. The summed E-state index contributed by atoms with van der Waals surface area (Å²) in [5.74, 6) is -0.767. The molecule has 206 valence electrons. The van der Waals surface area contributed by atoms with Crippen LogP contribution in [0.5, 0.6) is 11.5 Å². The number of hydrogen-bond donors (Lipinski definition) is 2. The number of nitrogens with one attached hydrogen (secondary N) is 2. The van der Waals surface area contributed by atoms with Crippen molar-refractivity contribution in [2.24, 2.45) is 0 Å². The largest absolute Gasteiger partial charge is 0.493 e. The Bertz CT molecular complexity index is 1520. The van der Waals surface area contributed by atoms with Crippen LogP contribution in [0.1, 0.15) is 16.7 Å². The van der Waals surface area contributed by atoms with Gasteiger partial charge in [-0.2, -0.15) is 0 Å². The van der Waals surface area contributed by atoms with Crippen molar-refractivity contribution in [1.82, 2.24) is 4.90 Å². The number of aryl methyl sites for hydroxylation is 2. The van der Waals surface area contributed by atoms with E-state index < -0.39 is 23.6 Å². The normalized spacial score (nSPS) is 13.9. The highest BCUT2D eigenvalue weighted by atomic mass is 35.5. The molecule has 0 spiro atoms. The van der Waals surface area contributed by atoms with E-state index in [0.29, 0.717) is 33.5 Å². The minimum atomic E-state index is -0.583. The van der Waals surface area contributed by atoms with Gasteiger partial charge in [-0.3, -0.25) is 24.1 Å². The molecule has 1 heterocycles. The van der Waals surface area contributed by atoms with Crippen molar-refractivity contribution in [3.05, 3.63) is 87.3 Å². The van der Waals surface area contributed by atoms with Gasteiger partial charge >= 0.3 is 0 Å². The zero-order valence-corrected chi connectivity index (χ0v) is 23.5. The van der Waals surface area contributed by atoms with E-state index in [1.165, 1.54) is 13.2 Å². The Labute approximate surface area is 240 Å². The molecule has 2 N–H and O–H groups in total. The van der Waals surface area contributed by atoms with Crippen LogP contribution in [0.3, 0.4) is 0 Å². The number of thioether (sulfide) groups is 1. The zero-order chi connectivity index (χ0) is 28.8. The van der Waals surface area contributed by atoms with Crippen molar-refractivity contribution in [3.8, 4) is 11.5 Å². The predicted molar refractivity (Wildman–Crippen MR) is 156 cm³/mol. The van der Waals surface area contributed by atoms with Crippen molar-refractivity contribution in [2.45, 2.75) is 13.8 Å². The Morgan fingerprint density at radius 2 is 1.77 bits per heavy atom. The van der Waals surface area contributed by atoms with Gasteiger partial charge in [0, 0.05) is 16.4 Å². The van der Waals surface area contributed by atoms with Gasteiger partial charge in [-0.25, -0.2) is 0 Å². The lowest BCUT2D eigenvalue weighted by Gasteiger charge is -2.14. The Morgan fingerprint density at radius 1 is 0.975 bits per heavy atom. The van der Waals surface area contributed by atoms with E-state index in [9.17, 15) is 19.2 Å². The predicted octanol–water partition coefficient (Wildman–Crippen LogP) is 5.66. The minimum Gasteiger partial charge on any atom is -0.493 e. The van der Waals surface area contributed by atoms with E-state index in [4.69, 9.17) is 21.1 Å².